The Kier molecular flexibility index (Phi) is 9.21. The fourth-order valence-corrected chi connectivity index (χ4v) is 5.79. The molecule has 0 unspecified atom stereocenters. The molecule has 1 N–H and O–H groups in total. The lowest BCUT2D eigenvalue weighted by atomic mass is 9.58. The van der Waals surface area contributed by atoms with Gasteiger partial charge in [0.1, 0.15) is 23.6 Å². The van der Waals surface area contributed by atoms with Gasteiger partial charge in [-0.1, -0.05) is 42.5 Å². The predicted octanol–water partition coefficient (Wildman–Crippen LogP) is 6.99. The highest BCUT2D eigenvalue weighted by Gasteiger charge is 2.45. The third-order valence-electron chi connectivity index (χ3n) is 7.89. The fraction of sp³-hybridized carbons (Fsp3) is 0.406. The van der Waals surface area contributed by atoms with Gasteiger partial charge in [0.05, 0.1) is 12.8 Å². The standard InChI is InChI=1S/C16H20FNO2.C10H12O.C6H6/c1-20-15-3-2-13(17)8-14(15)18-6-4-16(5-7-18)9-12(10-16)11-19;11-10-6-5-8-3-1-2-4-9(8)7-10;1-2-4-6-5-3-1/h2-3,8,11-12H,4-7,9-10H2,1H3;5-7,11H,1-4H2;1-6H. The van der Waals surface area contributed by atoms with Crippen LogP contribution in [0.25, 0.3) is 0 Å². The maximum Gasteiger partial charge on any atom is 0.142 e. The van der Waals surface area contributed by atoms with E-state index in [4.69, 9.17) is 4.74 Å². The lowest BCUT2D eigenvalue weighted by Gasteiger charge is -2.51. The number of aromatic hydroxyl groups is 1. The minimum absolute atomic E-state index is 0.231. The Labute approximate surface area is 220 Å². The minimum Gasteiger partial charge on any atom is -0.508 e. The maximum absolute atomic E-state index is 13.4. The Balaban J connectivity index is 0.000000156. The summed E-state index contributed by atoms with van der Waals surface area (Å²) in [6.45, 7) is 1.82. The topological polar surface area (TPSA) is 49.8 Å². The molecule has 1 saturated heterocycles. The Hall–Kier alpha value is -3.34. The van der Waals surface area contributed by atoms with Gasteiger partial charge in [0.25, 0.3) is 0 Å². The number of methoxy groups -OCH3 is 1. The van der Waals surface area contributed by atoms with Crippen LogP contribution >= 0.6 is 0 Å². The average Bonchev–Trinajstić information content (AvgIpc) is 2.93. The van der Waals surface area contributed by atoms with Crippen LogP contribution in [0.2, 0.25) is 0 Å². The number of ether oxygens (including phenoxy) is 1. The molecule has 0 bridgehead atoms. The fourth-order valence-electron chi connectivity index (χ4n) is 5.79. The first-order valence-electron chi connectivity index (χ1n) is 13.4. The second-order valence-electron chi connectivity index (χ2n) is 10.4. The number of halogens is 1. The number of carbonyl (C=O) groups excluding carboxylic acids is 1. The lowest BCUT2D eigenvalue weighted by Crippen LogP contribution is -2.47. The van der Waals surface area contributed by atoms with Crippen LogP contribution in [0.4, 0.5) is 10.1 Å². The van der Waals surface area contributed by atoms with Gasteiger partial charge in [-0.15, -0.1) is 0 Å². The molecule has 37 heavy (non-hydrogen) atoms. The van der Waals surface area contributed by atoms with Crippen molar-refractivity contribution in [1.29, 1.82) is 0 Å². The first-order valence-corrected chi connectivity index (χ1v) is 13.4. The van der Waals surface area contributed by atoms with Gasteiger partial charge in [0.2, 0.25) is 0 Å². The van der Waals surface area contributed by atoms with Gasteiger partial charge in [-0.05, 0) is 92.2 Å². The Morgan fingerprint density at radius 1 is 0.919 bits per heavy atom. The molecule has 3 aromatic rings. The van der Waals surface area contributed by atoms with E-state index in [-0.39, 0.29) is 11.7 Å². The molecule has 1 spiro atoms. The number of fused-ring (bicyclic) bond motifs is 1. The molecule has 3 aromatic carbocycles. The number of rotatable bonds is 3. The summed E-state index contributed by atoms with van der Waals surface area (Å²) < 4.78 is 18.8. The van der Waals surface area contributed by atoms with Crippen molar-refractivity contribution in [3.8, 4) is 11.5 Å². The number of piperidine rings is 1. The average molecular weight is 504 g/mol. The number of phenolic OH excluding ortho intramolecular Hbond substituents is 1. The van der Waals surface area contributed by atoms with Gasteiger partial charge in [0, 0.05) is 25.1 Å². The zero-order chi connectivity index (χ0) is 26.1. The van der Waals surface area contributed by atoms with Gasteiger partial charge < -0.3 is 19.5 Å². The van der Waals surface area contributed by atoms with E-state index in [9.17, 15) is 14.3 Å². The number of nitrogens with zero attached hydrogens (tertiary/aromatic N) is 1. The van der Waals surface area contributed by atoms with Crippen molar-refractivity contribution in [2.45, 2.75) is 51.4 Å². The molecule has 4 nitrogen and oxygen atoms in total. The van der Waals surface area contributed by atoms with E-state index in [1.807, 2.05) is 48.5 Å². The summed E-state index contributed by atoms with van der Waals surface area (Å²) in [5.74, 6) is 1.17. The van der Waals surface area contributed by atoms with E-state index in [0.717, 1.165) is 62.9 Å². The number of anilines is 1. The van der Waals surface area contributed by atoms with Crippen LogP contribution in [0.15, 0.2) is 72.8 Å². The summed E-state index contributed by atoms with van der Waals surface area (Å²) in [7, 11) is 1.61. The van der Waals surface area contributed by atoms with E-state index in [1.165, 1.54) is 36.5 Å². The number of aldehydes is 1. The molecule has 1 aliphatic heterocycles. The normalized spacial score (nSPS) is 17.7. The number of carbonyl (C=O) groups is 1. The van der Waals surface area contributed by atoms with Crippen LogP contribution in [0, 0.1) is 17.2 Å². The highest BCUT2D eigenvalue weighted by atomic mass is 19.1. The molecule has 196 valence electrons. The molecule has 2 aliphatic carbocycles. The molecular formula is C32H38FNO3. The molecule has 6 rings (SSSR count). The number of aryl methyl sites for hydroxylation is 2. The molecule has 5 heteroatoms. The zero-order valence-corrected chi connectivity index (χ0v) is 21.7. The van der Waals surface area contributed by atoms with Crippen molar-refractivity contribution in [3.05, 3.63) is 89.7 Å². The molecule has 3 aliphatic rings. The van der Waals surface area contributed by atoms with Crippen LogP contribution in [-0.2, 0) is 17.6 Å². The number of hydrogen-bond acceptors (Lipinski definition) is 4. The summed E-state index contributed by atoms with van der Waals surface area (Å²) in [6.07, 6.45) is 10.2. The van der Waals surface area contributed by atoms with Crippen LogP contribution in [0.5, 0.6) is 11.5 Å². The van der Waals surface area contributed by atoms with Crippen LogP contribution in [0.3, 0.4) is 0 Å². The van der Waals surface area contributed by atoms with Gasteiger partial charge in [-0.3, -0.25) is 0 Å². The molecule has 0 aromatic heterocycles. The molecule has 0 amide bonds. The number of phenols is 1. The quantitative estimate of drug-likeness (QED) is 0.392. The molecule has 0 radical (unpaired) electrons. The van der Waals surface area contributed by atoms with Crippen molar-refractivity contribution in [1.82, 2.24) is 0 Å². The summed E-state index contributed by atoms with van der Waals surface area (Å²) >= 11 is 0. The van der Waals surface area contributed by atoms with Gasteiger partial charge in [-0.25, -0.2) is 4.39 Å². The van der Waals surface area contributed by atoms with Crippen molar-refractivity contribution in [2.75, 3.05) is 25.1 Å². The van der Waals surface area contributed by atoms with E-state index in [0.29, 0.717) is 11.2 Å². The maximum atomic E-state index is 13.4. The molecule has 2 fully saturated rings. The highest BCUT2D eigenvalue weighted by Crippen LogP contribution is 2.52. The number of benzene rings is 3. The molecule has 1 saturated carbocycles. The Bertz CT molecular complexity index is 1110. The van der Waals surface area contributed by atoms with Gasteiger partial charge >= 0.3 is 0 Å². The second kappa shape index (κ2) is 12.8. The van der Waals surface area contributed by atoms with Crippen molar-refractivity contribution in [3.63, 3.8) is 0 Å². The third-order valence-corrected chi connectivity index (χ3v) is 7.89. The third kappa shape index (κ3) is 7.12. The second-order valence-corrected chi connectivity index (χ2v) is 10.4. The summed E-state index contributed by atoms with van der Waals surface area (Å²) in [5.41, 5.74) is 3.97. The molecule has 0 atom stereocenters. The van der Waals surface area contributed by atoms with Crippen LogP contribution < -0.4 is 9.64 Å². The van der Waals surface area contributed by atoms with Gasteiger partial charge in [0.15, 0.2) is 0 Å². The first kappa shape index (κ1) is 26.7. The summed E-state index contributed by atoms with van der Waals surface area (Å²) in [4.78, 5) is 12.9. The van der Waals surface area contributed by atoms with Crippen molar-refractivity contribution in [2.24, 2.45) is 11.3 Å². The Morgan fingerprint density at radius 3 is 2.14 bits per heavy atom. The summed E-state index contributed by atoms with van der Waals surface area (Å²) in [6, 6.07) is 22.4. The van der Waals surface area contributed by atoms with E-state index >= 15 is 0 Å². The smallest absolute Gasteiger partial charge is 0.142 e. The Morgan fingerprint density at radius 2 is 1.54 bits per heavy atom. The largest absolute Gasteiger partial charge is 0.508 e. The SMILES string of the molecule is COc1ccc(F)cc1N1CCC2(CC1)CC(C=O)C2.Oc1ccc2c(c1)CCCC2.c1ccccc1. The van der Waals surface area contributed by atoms with Crippen molar-refractivity contribution < 1.29 is 19.0 Å². The minimum atomic E-state index is -0.231. The van der Waals surface area contributed by atoms with Crippen molar-refractivity contribution >= 4 is 12.0 Å². The molecular weight excluding hydrogens is 465 g/mol. The van der Waals surface area contributed by atoms with Gasteiger partial charge in [-0.2, -0.15) is 0 Å². The van der Waals surface area contributed by atoms with E-state index in [1.54, 1.807) is 25.3 Å². The van der Waals surface area contributed by atoms with E-state index < -0.39 is 0 Å². The monoisotopic (exact) mass is 503 g/mol. The van der Waals surface area contributed by atoms with Crippen LogP contribution in [-0.4, -0.2) is 31.6 Å². The predicted molar refractivity (Wildman–Crippen MR) is 147 cm³/mol. The first-order chi connectivity index (χ1) is 18.0. The van der Waals surface area contributed by atoms with Crippen LogP contribution in [0.1, 0.15) is 49.7 Å². The molecule has 1 heterocycles. The lowest BCUT2D eigenvalue weighted by molar-refractivity contribution is -0.118. The van der Waals surface area contributed by atoms with E-state index in [2.05, 4.69) is 4.90 Å². The zero-order valence-electron chi connectivity index (χ0n) is 21.7. The summed E-state index contributed by atoms with van der Waals surface area (Å²) in [5, 5.41) is 9.19. The highest BCUT2D eigenvalue weighted by molar-refractivity contribution is 5.59. The number of hydrogen-bond donors (Lipinski definition) is 1.